The van der Waals surface area contributed by atoms with Crippen molar-refractivity contribution < 1.29 is 9.84 Å². The lowest BCUT2D eigenvalue weighted by Gasteiger charge is -2.32. The van der Waals surface area contributed by atoms with Gasteiger partial charge in [0.15, 0.2) is 0 Å². The highest BCUT2D eigenvalue weighted by Gasteiger charge is 2.28. The molecule has 1 aliphatic rings. The van der Waals surface area contributed by atoms with Crippen LogP contribution in [0.3, 0.4) is 0 Å². The molecule has 0 unspecified atom stereocenters. The van der Waals surface area contributed by atoms with Crippen molar-refractivity contribution in [1.29, 1.82) is 0 Å². The minimum Gasteiger partial charge on any atom is -0.390 e. The standard InChI is InChI=1S/C10H15N3O3/c1-6-7(14)2-3-9(16-6)13-5-4-8(11)12-10(13)15/h4-7,9,14H,2-3H2,1H3,(H2,11,12,15)/t6-,7+,9-/m1/s1. The van der Waals surface area contributed by atoms with Crippen LogP contribution >= 0.6 is 0 Å². The summed E-state index contributed by atoms with van der Waals surface area (Å²) >= 11 is 0. The summed E-state index contributed by atoms with van der Waals surface area (Å²) in [4.78, 5) is 15.2. The molecule has 88 valence electrons. The fraction of sp³-hybridized carbons (Fsp3) is 0.600. The van der Waals surface area contributed by atoms with Gasteiger partial charge in [0.1, 0.15) is 12.0 Å². The topological polar surface area (TPSA) is 90.4 Å². The Morgan fingerprint density at radius 1 is 1.62 bits per heavy atom. The van der Waals surface area contributed by atoms with Crippen molar-refractivity contribution in [3.05, 3.63) is 22.7 Å². The van der Waals surface area contributed by atoms with Crippen molar-refractivity contribution in [1.82, 2.24) is 9.55 Å². The molecular weight excluding hydrogens is 210 g/mol. The quantitative estimate of drug-likeness (QED) is 0.695. The number of aliphatic hydroxyl groups excluding tert-OH is 1. The molecule has 2 heterocycles. The average molecular weight is 225 g/mol. The molecule has 0 bridgehead atoms. The molecule has 1 fully saturated rings. The van der Waals surface area contributed by atoms with Gasteiger partial charge in [0.05, 0.1) is 12.2 Å². The third-order valence-corrected chi connectivity index (χ3v) is 2.78. The first-order valence-corrected chi connectivity index (χ1v) is 5.26. The van der Waals surface area contributed by atoms with Crippen LogP contribution in [0.5, 0.6) is 0 Å². The summed E-state index contributed by atoms with van der Waals surface area (Å²) < 4.78 is 6.94. The van der Waals surface area contributed by atoms with Gasteiger partial charge in [0.25, 0.3) is 0 Å². The average Bonchev–Trinajstić information content (AvgIpc) is 2.22. The molecular formula is C10H15N3O3. The number of anilines is 1. The number of aliphatic hydroxyl groups is 1. The molecule has 0 spiro atoms. The second kappa shape index (κ2) is 4.23. The van der Waals surface area contributed by atoms with Crippen LogP contribution in [-0.2, 0) is 4.74 Å². The number of aromatic nitrogens is 2. The van der Waals surface area contributed by atoms with Gasteiger partial charge < -0.3 is 15.6 Å². The third kappa shape index (κ3) is 2.07. The fourth-order valence-electron chi connectivity index (χ4n) is 1.80. The molecule has 0 aromatic carbocycles. The number of ether oxygens (including phenoxy) is 1. The third-order valence-electron chi connectivity index (χ3n) is 2.78. The van der Waals surface area contributed by atoms with Crippen LogP contribution in [-0.4, -0.2) is 26.9 Å². The summed E-state index contributed by atoms with van der Waals surface area (Å²) in [6, 6.07) is 1.56. The molecule has 1 aromatic heterocycles. The van der Waals surface area contributed by atoms with Gasteiger partial charge in [-0.3, -0.25) is 4.57 Å². The van der Waals surface area contributed by atoms with E-state index in [0.717, 1.165) is 0 Å². The first kappa shape index (κ1) is 11.1. The molecule has 3 N–H and O–H groups in total. The van der Waals surface area contributed by atoms with Crippen molar-refractivity contribution in [2.45, 2.75) is 38.2 Å². The fourth-order valence-corrected chi connectivity index (χ4v) is 1.80. The monoisotopic (exact) mass is 225 g/mol. The number of nitrogen functional groups attached to an aromatic ring is 1. The molecule has 16 heavy (non-hydrogen) atoms. The van der Waals surface area contributed by atoms with Gasteiger partial charge in [-0.15, -0.1) is 0 Å². The van der Waals surface area contributed by atoms with Crippen LogP contribution in [0.15, 0.2) is 17.1 Å². The Hall–Kier alpha value is -1.40. The number of rotatable bonds is 1. The Bertz CT molecular complexity index is 432. The van der Waals surface area contributed by atoms with Crippen molar-refractivity contribution in [2.75, 3.05) is 5.73 Å². The van der Waals surface area contributed by atoms with E-state index in [4.69, 9.17) is 10.5 Å². The van der Waals surface area contributed by atoms with E-state index in [1.807, 2.05) is 0 Å². The zero-order chi connectivity index (χ0) is 11.7. The van der Waals surface area contributed by atoms with E-state index in [-0.39, 0.29) is 18.1 Å². The largest absolute Gasteiger partial charge is 0.390 e. The second-order valence-electron chi connectivity index (χ2n) is 3.98. The van der Waals surface area contributed by atoms with Crippen LogP contribution in [0.4, 0.5) is 5.82 Å². The van der Waals surface area contributed by atoms with E-state index in [9.17, 15) is 9.90 Å². The highest BCUT2D eigenvalue weighted by Crippen LogP contribution is 2.25. The van der Waals surface area contributed by atoms with Gasteiger partial charge in [0, 0.05) is 6.20 Å². The van der Waals surface area contributed by atoms with Crippen molar-refractivity contribution >= 4 is 5.82 Å². The van der Waals surface area contributed by atoms with Crippen LogP contribution in [0.25, 0.3) is 0 Å². The summed E-state index contributed by atoms with van der Waals surface area (Å²) in [5.41, 5.74) is 4.98. The van der Waals surface area contributed by atoms with E-state index in [2.05, 4.69) is 4.98 Å². The maximum atomic E-state index is 11.6. The molecule has 0 radical (unpaired) electrons. The van der Waals surface area contributed by atoms with E-state index >= 15 is 0 Å². The van der Waals surface area contributed by atoms with Crippen molar-refractivity contribution in [3.63, 3.8) is 0 Å². The zero-order valence-electron chi connectivity index (χ0n) is 9.04. The molecule has 2 rings (SSSR count). The van der Waals surface area contributed by atoms with Crippen molar-refractivity contribution in [2.24, 2.45) is 0 Å². The number of nitrogens with zero attached hydrogens (tertiary/aromatic N) is 2. The lowest BCUT2D eigenvalue weighted by Crippen LogP contribution is -2.38. The lowest BCUT2D eigenvalue weighted by molar-refractivity contribution is -0.139. The normalized spacial score (nSPS) is 30.2. The number of hydrogen-bond donors (Lipinski definition) is 2. The number of hydrogen-bond acceptors (Lipinski definition) is 5. The van der Waals surface area contributed by atoms with E-state index < -0.39 is 11.8 Å². The molecule has 0 amide bonds. The molecule has 6 heteroatoms. The molecule has 6 nitrogen and oxygen atoms in total. The Morgan fingerprint density at radius 3 is 3.00 bits per heavy atom. The lowest BCUT2D eigenvalue weighted by atomic mass is 10.1. The van der Waals surface area contributed by atoms with Crippen LogP contribution < -0.4 is 11.4 Å². The maximum Gasteiger partial charge on any atom is 0.351 e. The summed E-state index contributed by atoms with van der Waals surface area (Å²) in [7, 11) is 0. The van der Waals surface area contributed by atoms with Gasteiger partial charge in [-0.2, -0.15) is 4.98 Å². The number of nitrogens with two attached hydrogens (primary N) is 1. The Balaban J connectivity index is 2.22. The predicted molar refractivity (Wildman–Crippen MR) is 57.7 cm³/mol. The smallest absolute Gasteiger partial charge is 0.351 e. The van der Waals surface area contributed by atoms with E-state index in [0.29, 0.717) is 12.8 Å². The predicted octanol–water partition coefficient (Wildman–Crippen LogP) is -0.116. The Kier molecular flexibility index (Phi) is 2.93. The summed E-state index contributed by atoms with van der Waals surface area (Å²) in [5.74, 6) is 0.199. The van der Waals surface area contributed by atoms with Gasteiger partial charge in [-0.05, 0) is 25.8 Å². The minimum atomic E-state index is -0.464. The SMILES string of the molecule is C[C@H]1O[C@@H](n2ccc(N)nc2=O)CC[C@@H]1O. The summed E-state index contributed by atoms with van der Waals surface area (Å²) in [6.45, 7) is 1.78. The zero-order valence-corrected chi connectivity index (χ0v) is 9.04. The first-order valence-electron chi connectivity index (χ1n) is 5.26. The molecule has 1 saturated heterocycles. The highest BCUT2D eigenvalue weighted by atomic mass is 16.5. The van der Waals surface area contributed by atoms with Gasteiger partial charge in [-0.1, -0.05) is 0 Å². The summed E-state index contributed by atoms with van der Waals surface area (Å²) in [5, 5.41) is 9.51. The molecule has 1 aliphatic heterocycles. The summed E-state index contributed by atoms with van der Waals surface area (Å²) in [6.07, 6.45) is 1.68. The maximum absolute atomic E-state index is 11.6. The van der Waals surface area contributed by atoms with E-state index in [1.54, 1.807) is 19.2 Å². The van der Waals surface area contributed by atoms with Gasteiger partial charge in [-0.25, -0.2) is 4.79 Å². The van der Waals surface area contributed by atoms with Crippen LogP contribution in [0, 0.1) is 0 Å². The molecule has 0 aliphatic carbocycles. The van der Waals surface area contributed by atoms with Crippen LogP contribution in [0.2, 0.25) is 0 Å². The molecule has 3 atom stereocenters. The van der Waals surface area contributed by atoms with Gasteiger partial charge >= 0.3 is 5.69 Å². The van der Waals surface area contributed by atoms with Gasteiger partial charge in [0.2, 0.25) is 0 Å². The molecule has 0 saturated carbocycles. The van der Waals surface area contributed by atoms with Crippen molar-refractivity contribution in [3.8, 4) is 0 Å². The Morgan fingerprint density at radius 2 is 2.38 bits per heavy atom. The highest BCUT2D eigenvalue weighted by molar-refractivity contribution is 5.23. The molecule has 1 aromatic rings. The second-order valence-corrected chi connectivity index (χ2v) is 3.98. The Labute approximate surface area is 92.7 Å². The first-order chi connectivity index (χ1) is 7.58. The van der Waals surface area contributed by atoms with E-state index in [1.165, 1.54) is 4.57 Å². The minimum absolute atomic E-state index is 0.199. The van der Waals surface area contributed by atoms with Crippen LogP contribution in [0.1, 0.15) is 26.0 Å².